The Kier molecular flexibility index (Phi) is 2.99. The fraction of sp³-hybridized carbons (Fsp3) is 0.143. The Labute approximate surface area is 120 Å². The summed E-state index contributed by atoms with van der Waals surface area (Å²) in [6.07, 6.45) is 0. The number of aromatic hydroxyl groups is 1. The Bertz CT molecular complexity index is 758. The minimum absolute atomic E-state index is 0.0773. The number of aromatic nitrogens is 4. The van der Waals surface area contributed by atoms with Crippen molar-refractivity contribution in [2.75, 3.05) is 0 Å². The molecule has 6 heteroatoms. The second kappa shape index (κ2) is 4.68. The number of hydrogen-bond acceptors (Lipinski definition) is 3. The van der Waals surface area contributed by atoms with E-state index in [9.17, 15) is 5.11 Å². The van der Waals surface area contributed by atoms with Crippen molar-refractivity contribution in [2.45, 2.75) is 13.8 Å². The van der Waals surface area contributed by atoms with Gasteiger partial charge < -0.3 is 5.11 Å². The molecule has 0 saturated heterocycles. The molecule has 2 aromatic heterocycles. The first-order valence-electron chi connectivity index (χ1n) is 6.13. The smallest absolute Gasteiger partial charge is 0.224 e. The Hall–Kier alpha value is -2.27. The van der Waals surface area contributed by atoms with E-state index in [2.05, 4.69) is 15.3 Å². The van der Waals surface area contributed by atoms with Crippen molar-refractivity contribution in [1.29, 1.82) is 0 Å². The van der Waals surface area contributed by atoms with Gasteiger partial charge in [0.25, 0.3) is 0 Å². The lowest BCUT2D eigenvalue weighted by atomic mass is 10.2. The van der Waals surface area contributed by atoms with Crippen LogP contribution in [0.25, 0.3) is 16.9 Å². The molecule has 20 heavy (non-hydrogen) atoms. The number of aryl methyl sites for hydroxylation is 2. The summed E-state index contributed by atoms with van der Waals surface area (Å²) in [5, 5.41) is 22.4. The van der Waals surface area contributed by atoms with E-state index in [0.717, 1.165) is 22.8 Å². The molecule has 2 heterocycles. The van der Waals surface area contributed by atoms with Crippen LogP contribution in [0, 0.1) is 13.8 Å². The molecule has 102 valence electrons. The van der Waals surface area contributed by atoms with Crippen molar-refractivity contribution >= 4 is 11.6 Å². The summed E-state index contributed by atoms with van der Waals surface area (Å²) in [7, 11) is 0. The van der Waals surface area contributed by atoms with Gasteiger partial charge >= 0.3 is 0 Å². The first kappa shape index (κ1) is 12.7. The van der Waals surface area contributed by atoms with E-state index < -0.39 is 0 Å². The van der Waals surface area contributed by atoms with Crippen molar-refractivity contribution in [3.8, 4) is 22.8 Å². The highest BCUT2D eigenvalue weighted by molar-refractivity contribution is 6.30. The topological polar surface area (TPSA) is 66.7 Å². The highest BCUT2D eigenvalue weighted by atomic mass is 35.5. The molecule has 0 aliphatic heterocycles. The van der Waals surface area contributed by atoms with E-state index in [4.69, 9.17) is 11.6 Å². The van der Waals surface area contributed by atoms with Gasteiger partial charge in [-0.15, -0.1) is 0 Å². The monoisotopic (exact) mass is 288 g/mol. The maximum atomic E-state index is 10.4. The van der Waals surface area contributed by atoms with Crippen LogP contribution in [0.15, 0.2) is 30.3 Å². The molecule has 0 radical (unpaired) electrons. The average Bonchev–Trinajstić information content (AvgIpc) is 2.95. The molecule has 0 saturated carbocycles. The minimum atomic E-state index is 0.0773. The van der Waals surface area contributed by atoms with Crippen molar-refractivity contribution in [3.05, 3.63) is 46.7 Å². The lowest BCUT2D eigenvalue weighted by Crippen LogP contribution is -1.95. The van der Waals surface area contributed by atoms with Gasteiger partial charge in [-0.1, -0.05) is 11.6 Å². The van der Waals surface area contributed by atoms with Gasteiger partial charge in [0.2, 0.25) is 5.88 Å². The summed E-state index contributed by atoms with van der Waals surface area (Å²) in [5.74, 6) is 0.0773. The number of nitrogens with zero attached hydrogens (tertiary/aromatic N) is 3. The van der Waals surface area contributed by atoms with Crippen molar-refractivity contribution in [2.24, 2.45) is 0 Å². The summed E-state index contributed by atoms with van der Waals surface area (Å²) in [6.45, 7) is 3.73. The maximum absolute atomic E-state index is 10.4. The maximum Gasteiger partial charge on any atom is 0.224 e. The number of halogens is 1. The van der Waals surface area contributed by atoms with E-state index >= 15 is 0 Å². The normalized spacial score (nSPS) is 10.9. The van der Waals surface area contributed by atoms with Crippen LogP contribution in [0.2, 0.25) is 5.02 Å². The molecule has 0 spiro atoms. The van der Waals surface area contributed by atoms with Crippen molar-refractivity contribution in [1.82, 2.24) is 20.0 Å². The number of H-pyrrole nitrogens is 1. The summed E-state index contributed by atoms with van der Waals surface area (Å²) < 4.78 is 1.48. The SMILES string of the molecule is Cc1cc(-c2c(C)nn(-c3ccc(Cl)cc3)c2O)[nH]n1. The van der Waals surface area contributed by atoms with Gasteiger partial charge in [-0.3, -0.25) is 5.10 Å². The Morgan fingerprint density at radius 1 is 1.20 bits per heavy atom. The molecule has 0 amide bonds. The molecular weight excluding hydrogens is 276 g/mol. The van der Waals surface area contributed by atoms with Crippen LogP contribution in [0.1, 0.15) is 11.4 Å². The van der Waals surface area contributed by atoms with Crippen molar-refractivity contribution < 1.29 is 5.11 Å². The zero-order valence-electron chi connectivity index (χ0n) is 11.1. The van der Waals surface area contributed by atoms with Crippen LogP contribution in [-0.4, -0.2) is 25.1 Å². The van der Waals surface area contributed by atoms with Crippen LogP contribution < -0.4 is 0 Å². The molecule has 3 rings (SSSR count). The van der Waals surface area contributed by atoms with Crippen LogP contribution in [0.3, 0.4) is 0 Å². The molecule has 0 unspecified atom stereocenters. The van der Waals surface area contributed by atoms with Crippen LogP contribution in [0.4, 0.5) is 0 Å². The van der Waals surface area contributed by atoms with Crippen LogP contribution in [-0.2, 0) is 0 Å². The van der Waals surface area contributed by atoms with Gasteiger partial charge in [-0.25, -0.2) is 4.68 Å². The van der Waals surface area contributed by atoms with Gasteiger partial charge in [0.05, 0.1) is 28.3 Å². The van der Waals surface area contributed by atoms with Crippen LogP contribution >= 0.6 is 11.6 Å². The molecule has 5 nitrogen and oxygen atoms in total. The number of rotatable bonds is 2. The quantitative estimate of drug-likeness (QED) is 0.761. The third-order valence-electron chi connectivity index (χ3n) is 3.08. The van der Waals surface area contributed by atoms with E-state index in [0.29, 0.717) is 10.6 Å². The molecule has 0 aliphatic carbocycles. The second-order valence-corrected chi connectivity index (χ2v) is 5.03. The largest absolute Gasteiger partial charge is 0.493 e. The lowest BCUT2D eigenvalue weighted by molar-refractivity contribution is 0.435. The van der Waals surface area contributed by atoms with Gasteiger partial charge in [0.1, 0.15) is 0 Å². The van der Waals surface area contributed by atoms with Gasteiger partial charge in [0.15, 0.2) is 0 Å². The molecule has 0 bridgehead atoms. The standard InChI is InChI=1S/C14H13ClN4O/c1-8-7-12(17-16-8)13-9(2)18-19(14(13)20)11-5-3-10(15)4-6-11/h3-7,20H,1-2H3,(H,16,17). The van der Waals surface area contributed by atoms with Gasteiger partial charge in [-0.05, 0) is 44.2 Å². The number of aromatic amines is 1. The van der Waals surface area contributed by atoms with Gasteiger partial charge in [0, 0.05) is 5.02 Å². The Balaban J connectivity index is 2.13. The van der Waals surface area contributed by atoms with E-state index in [1.165, 1.54) is 4.68 Å². The van der Waals surface area contributed by atoms with Gasteiger partial charge in [-0.2, -0.15) is 10.2 Å². The summed E-state index contributed by atoms with van der Waals surface area (Å²) in [5.41, 5.74) is 3.73. The number of hydrogen-bond donors (Lipinski definition) is 2. The third-order valence-corrected chi connectivity index (χ3v) is 3.33. The number of benzene rings is 1. The predicted molar refractivity (Wildman–Crippen MR) is 77.3 cm³/mol. The first-order valence-corrected chi connectivity index (χ1v) is 6.51. The first-order chi connectivity index (χ1) is 9.56. The summed E-state index contributed by atoms with van der Waals surface area (Å²) in [4.78, 5) is 0. The molecule has 0 aliphatic rings. The Morgan fingerprint density at radius 3 is 2.50 bits per heavy atom. The van der Waals surface area contributed by atoms with E-state index in [1.54, 1.807) is 24.3 Å². The molecule has 3 aromatic rings. The molecule has 0 fully saturated rings. The molecule has 1 aromatic carbocycles. The lowest BCUT2D eigenvalue weighted by Gasteiger charge is -2.03. The molecule has 2 N–H and O–H groups in total. The zero-order valence-corrected chi connectivity index (χ0v) is 11.8. The van der Waals surface area contributed by atoms with E-state index in [1.807, 2.05) is 19.9 Å². The summed E-state index contributed by atoms with van der Waals surface area (Å²) >= 11 is 5.87. The fourth-order valence-electron chi connectivity index (χ4n) is 2.14. The fourth-order valence-corrected chi connectivity index (χ4v) is 2.27. The highest BCUT2D eigenvalue weighted by Gasteiger charge is 2.18. The third kappa shape index (κ3) is 2.06. The highest BCUT2D eigenvalue weighted by Crippen LogP contribution is 2.33. The van der Waals surface area contributed by atoms with E-state index in [-0.39, 0.29) is 5.88 Å². The molecular formula is C14H13ClN4O. The number of nitrogens with one attached hydrogen (secondary N) is 1. The second-order valence-electron chi connectivity index (χ2n) is 4.60. The molecule has 0 atom stereocenters. The van der Waals surface area contributed by atoms with Crippen LogP contribution in [0.5, 0.6) is 5.88 Å². The zero-order chi connectivity index (χ0) is 14.3. The van der Waals surface area contributed by atoms with Crippen molar-refractivity contribution in [3.63, 3.8) is 0 Å². The average molecular weight is 289 g/mol. The predicted octanol–water partition coefficient (Wildman–Crippen LogP) is 3.24. The summed E-state index contributed by atoms with van der Waals surface area (Å²) in [6, 6.07) is 8.99. The Morgan fingerprint density at radius 2 is 1.90 bits per heavy atom. The minimum Gasteiger partial charge on any atom is -0.493 e.